The molecule has 152 valence electrons. The van der Waals surface area contributed by atoms with Gasteiger partial charge in [0.25, 0.3) is 12.3 Å². The van der Waals surface area contributed by atoms with E-state index in [1.165, 1.54) is 37.6 Å². The molecule has 0 radical (unpaired) electrons. The molecule has 7 nitrogen and oxygen atoms in total. The number of carbonyl (C=O) groups excluding carboxylic acids is 1. The second-order valence-corrected chi connectivity index (χ2v) is 6.62. The van der Waals surface area contributed by atoms with Crippen molar-refractivity contribution in [3.8, 4) is 11.3 Å². The number of aliphatic imine (C=N–C) groups is 1. The summed E-state index contributed by atoms with van der Waals surface area (Å²) in [6.45, 7) is 0. The molecular weight excluding hydrogens is 397 g/mol. The Kier molecular flexibility index (Phi) is 4.69. The van der Waals surface area contributed by atoms with Gasteiger partial charge < -0.3 is 5.73 Å². The Hall–Kier alpha value is -3.82. The number of aromatic nitrogens is 3. The van der Waals surface area contributed by atoms with E-state index in [2.05, 4.69) is 20.2 Å². The molecule has 0 spiro atoms. The maximum Gasteiger partial charge on any atom is 0.280 e. The largest absolute Gasteiger partial charge is 0.369 e. The lowest BCUT2D eigenvalue weighted by atomic mass is 9.82. The van der Waals surface area contributed by atoms with Crippen LogP contribution < -0.4 is 5.73 Å². The van der Waals surface area contributed by atoms with Crippen LogP contribution in [0.4, 0.5) is 13.2 Å². The molecule has 1 aliphatic rings. The first kappa shape index (κ1) is 19.5. The molecule has 10 heteroatoms. The van der Waals surface area contributed by atoms with Crippen LogP contribution in [-0.4, -0.2) is 39.0 Å². The van der Waals surface area contributed by atoms with Crippen LogP contribution in [0.25, 0.3) is 11.3 Å². The minimum absolute atomic E-state index is 0.0826. The fraction of sp³-hybridized carbons (Fsp3) is 0.150. The van der Waals surface area contributed by atoms with Gasteiger partial charge in [0.2, 0.25) is 0 Å². The molecule has 1 amide bonds. The number of pyridine rings is 1. The molecule has 3 aromatic rings. The van der Waals surface area contributed by atoms with E-state index < -0.39 is 29.4 Å². The normalized spacial score (nSPS) is 18.8. The lowest BCUT2D eigenvalue weighted by Gasteiger charge is -2.26. The SMILES string of the molecule is CN1C(=O)C(c2ccnc(C(F)F)c2)(c2ccc(F)c(-c3cccnn3)c2)N=C1N. The molecule has 1 aliphatic heterocycles. The number of guanidine groups is 1. The van der Waals surface area contributed by atoms with E-state index in [1.807, 2.05) is 0 Å². The summed E-state index contributed by atoms with van der Waals surface area (Å²) in [6.07, 6.45) is -0.236. The first-order valence-electron chi connectivity index (χ1n) is 8.80. The monoisotopic (exact) mass is 412 g/mol. The summed E-state index contributed by atoms with van der Waals surface area (Å²) in [6, 6.07) is 9.58. The fourth-order valence-corrected chi connectivity index (χ4v) is 3.37. The highest BCUT2D eigenvalue weighted by Gasteiger charge is 2.50. The molecule has 4 rings (SSSR count). The third-order valence-corrected chi connectivity index (χ3v) is 4.89. The Balaban J connectivity index is 1.98. The summed E-state index contributed by atoms with van der Waals surface area (Å²) < 4.78 is 41.1. The molecule has 1 unspecified atom stereocenters. The fourth-order valence-electron chi connectivity index (χ4n) is 3.37. The van der Waals surface area contributed by atoms with Crippen LogP contribution in [0.3, 0.4) is 0 Å². The van der Waals surface area contributed by atoms with E-state index in [4.69, 9.17) is 5.73 Å². The van der Waals surface area contributed by atoms with Gasteiger partial charge in [0.1, 0.15) is 11.5 Å². The van der Waals surface area contributed by atoms with Crippen molar-refractivity contribution < 1.29 is 18.0 Å². The summed E-state index contributed by atoms with van der Waals surface area (Å²) >= 11 is 0. The van der Waals surface area contributed by atoms with Crippen molar-refractivity contribution in [2.45, 2.75) is 12.0 Å². The predicted octanol–water partition coefficient (Wildman–Crippen LogP) is 2.65. The third kappa shape index (κ3) is 2.97. The molecule has 1 atom stereocenters. The molecule has 0 saturated heterocycles. The molecule has 2 N–H and O–H groups in total. The maximum absolute atomic E-state index is 14.6. The topological polar surface area (TPSA) is 97.4 Å². The van der Waals surface area contributed by atoms with Gasteiger partial charge in [-0.3, -0.25) is 14.7 Å². The molecule has 3 heterocycles. The van der Waals surface area contributed by atoms with Crippen molar-refractivity contribution in [2.75, 3.05) is 7.05 Å². The second kappa shape index (κ2) is 7.21. The van der Waals surface area contributed by atoms with Crippen LogP contribution in [0, 0.1) is 5.82 Å². The highest BCUT2D eigenvalue weighted by Crippen LogP contribution is 2.41. The molecule has 0 saturated carbocycles. The smallest absolute Gasteiger partial charge is 0.280 e. The average molecular weight is 412 g/mol. The lowest BCUT2D eigenvalue weighted by Crippen LogP contribution is -2.41. The van der Waals surface area contributed by atoms with Crippen molar-refractivity contribution in [1.29, 1.82) is 0 Å². The first-order chi connectivity index (χ1) is 14.3. The van der Waals surface area contributed by atoms with Crippen molar-refractivity contribution in [3.63, 3.8) is 0 Å². The van der Waals surface area contributed by atoms with E-state index in [0.717, 1.165) is 17.0 Å². The standard InChI is InChI=1S/C20H15F3N6O/c1-29-18(30)20(27-19(29)24,12-6-8-25-16(10-12)17(22)23)11-4-5-14(21)13(9-11)15-3-2-7-26-28-15/h2-10,17H,1H3,(H2,24,27). The lowest BCUT2D eigenvalue weighted by molar-refractivity contribution is -0.129. The minimum Gasteiger partial charge on any atom is -0.369 e. The molecule has 0 aliphatic carbocycles. The van der Waals surface area contributed by atoms with E-state index in [0.29, 0.717) is 0 Å². The van der Waals surface area contributed by atoms with E-state index in [9.17, 15) is 18.0 Å². The second-order valence-electron chi connectivity index (χ2n) is 6.62. The molecule has 0 fully saturated rings. The summed E-state index contributed by atoms with van der Waals surface area (Å²) in [5, 5.41) is 7.65. The number of alkyl halides is 2. The number of nitrogens with two attached hydrogens (primary N) is 1. The van der Waals surface area contributed by atoms with Gasteiger partial charge >= 0.3 is 0 Å². The number of rotatable bonds is 4. The zero-order valence-corrected chi connectivity index (χ0v) is 15.6. The van der Waals surface area contributed by atoms with Crippen LogP contribution in [0.5, 0.6) is 0 Å². The summed E-state index contributed by atoms with van der Waals surface area (Å²) in [7, 11) is 1.42. The van der Waals surface area contributed by atoms with Crippen LogP contribution in [0.1, 0.15) is 23.2 Å². The van der Waals surface area contributed by atoms with Crippen LogP contribution in [0.15, 0.2) is 59.9 Å². The average Bonchev–Trinajstić information content (AvgIpc) is 2.99. The maximum atomic E-state index is 14.6. The van der Waals surface area contributed by atoms with Crippen LogP contribution in [-0.2, 0) is 10.3 Å². The van der Waals surface area contributed by atoms with Gasteiger partial charge in [-0.25, -0.2) is 18.2 Å². The zero-order valence-electron chi connectivity index (χ0n) is 15.6. The van der Waals surface area contributed by atoms with Gasteiger partial charge in [-0.05, 0) is 47.5 Å². The predicted molar refractivity (Wildman–Crippen MR) is 102 cm³/mol. The molecule has 1 aromatic carbocycles. The Bertz CT molecular complexity index is 1150. The third-order valence-electron chi connectivity index (χ3n) is 4.89. The summed E-state index contributed by atoms with van der Waals surface area (Å²) in [4.78, 5) is 22.3. The highest BCUT2D eigenvalue weighted by molar-refractivity contribution is 6.09. The Labute approximate surface area is 169 Å². The highest BCUT2D eigenvalue weighted by atomic mass is 19.3. The number of benzene rings is 1. The van der Waals surface area contributed by atoms with Gasteiger partial charge in [0.15, 0.2) is 11.5 Å². The molecule has 0 bridgehead atoms. The number of hydrogen-bond donors (Lipinski definition) is 1. The van der Waals surface area contributed by atoms with Crippen molar-refractivity contribution in [1.82, 2.24) is 20.1 Å². The van der Waals surface area contributed by atoms with Crippen molar-refractivity contribution in [2.24, 2.45) is 10.7 Å². The number of carbonyl (C=O) groups is 1. The van der Waals surface area contributed by atoms with Gasteiger partial charge in [-0.15, -0.1) is 0 Å². The van der Waals surface area contributed by atoms with Crippen molar-refractivity contribution >= 4 is 11.9 Å². The Morgan fingerprint density at radius 2 is 1.87 bits per heavy atom. The van der Waals surface area contributed by atoms with Gasteiger partial charge in [-0.1, -0.05) is 6.07 Å². The zero-order chi connectivity index (χ0) is 21.5. The van der Waals surface area contributed by atoms with E-state index in [1.54, 1.807) is 12.1 Å². The molecular formula is C20H15F3N6O. The quantitative estimate of drug-likeness (QED) is 0.711. The number of amides is 1. The van der Waals surface area contributed by atoms with E-state index in [-0.39, 0.29) is 28.3 Å². The Morgan fingerprint density at radius 3 is 2.50 bits per heavy atom. The van der Waals surface area contributed by atoms with Gasteiger partial charge in [-0.2, -0.15) is 10.2 Å². The van der Waals surface area contributed by atoms with E-state index >= 15 is 0 Å². The molecule has 2 aromatic heterocycles. The van der Waals surface area contributed by atoms with Crippen molar-refractivity contribution in [3.05, 3.63) is 77.5 Å². The number of halogens is 3. The summed E-state index contributed by atoms with van der Waals surface area (Å²) in [5.74, 6) is -1.25. The number of hydrogen-bond acceptors (Lipinski definition) is 6. The van der Waals surface area contributed by atoms with Gasteiger partial charge in [0, 0.05) is 25.0 Å². The molecule has 30 heavy (non-hydrogen) atoms. The Morgan fingerprint density at radius 1 is 1.10 bits per heavy atom. The first-order valence-corrected chi connectivity index (χ1v) is 8.80. The summed E-state index contributed by atoms with van der Waals surface area (Å²) in [5.41, 5.74) is 4.32. The van der Waals surface area contributed by atoms with Crippen LogP contribution in [0.2, 0.25) is 0 Å². The number of likely N-dealkylation sites (N-methyl/N-ethyl adjacent to an activating group) is 1. The number of nitrogens with zero attached hydrogens (tertiary/aromatic N) is 5. The van der Waals surface area contributed by atoms with Gasteiger partial charge in [0.05, 0.1) is 5.69 Å². The minimum atomic E-state index is -2.85. The van der Waals surface area contributed by atoms with Crippen LogP contribution >= 0.6 is 0 Å².